The fourth-order valence-electron chi connectivity index (χ4n) is 0.754. The highest BCUT2D eigenvalue weighted by atomic mass is 13.9. The molecular weight excluding hydrogens is 108 g/mol. The van der Waals surface area contributed by atoms with Gasteiger partial charge in [-0.05, 0) is 24.1 Å². The van der Waals surface area contributed by atoms with Gasteiger partial charge in [0.2, 0.25) is 0 Å². The van der Waals surface area contributed by atoms with E-state index in [2.05, 4.69) is 12.6 Å². The Morgan fingerprint density at radius 2 is 2.44 bits per heavy atom. The van der Waals surface area contributed by atoms with Crippen molar-refractivity contribution in [1.82, 2.24) is 0 Å². The van der Waals surface area contributed by atoms with Gasteiger partial charge in [-0.25, -0.2) is 0 Å². The van der Waals surface area contributed by atoms with Gasteiger partial charge in [0, 0.05) is 0 Å². The normalized spacial score (nSPS) is 9.00. The fraction of sp³-hybridized carbons (Fsp3) is 0.111. The molecule has 0 fully saturated rings. The van der Waals surface area contributed by atoms with Crippen LogP contribution in [0.5, 0.6) is 0 Å². The van der Waals surface area contributed by atoms with Gasteiger partial charge >= 0.3 is 0 Å². The molecule has 0 aromatic heterocycles. The van der Waals surface area contributed by atoms with E-state index in [1.807, 2.05) is 31.2 Å². The van der Waals surface area contributed by atoms with E-state index in [9.17, 15) is 0 Å². The summed E-state index contributed by atoms with van der Waals surface area (Å²) in [6.07, 6.45) is 1.81. The Balaban J connectivity index is 3.15. The van der Waals surface area contributed by atoms with Gasteiger partial charge in [0.25, 0.3) is 0 Å². The molecule has 0 nitrogen and oxygen atoms in total. The summed E-state index contributed by atoms with van der Waals surface area (Å²) in [5, 5.41) is 0. The van der Waals surface area contributed by atoms with Crippen molar-refractivity contribution in [3.63, 3.8) is 0 Å². The molecule has 1 radical (unpaired) electrons. The molecule has 0 saturated heterocycles. The quantitative estimate of drug-likeness (QED) is 0.530. The van der Waals surface area contributed by atoms with E-state index < -0.39 is 0 Å². The highest BCUT2D eigenvalue weighted by Gasteiger charge is 1.87. The van der Waals surface area contributed by atoms with E-state index in [4.69, 9.17) is 0 Å². The lowest BCUT2D eigenvalue weighted by atomic mass is 10.1. The highest BCUT2D eigenvalue weighted by Crippen LogP contribution is 2.05. The average Bonchev–Trinajstić information content (AvgIpc) is 1.89. The van der Waals surface area contributed by atoms with E-state index in [1.165, 1.54) is 5.56 Å². The minimum atomic E-state index is 1.09. The van der Waals surface area contributed by atoms with Gasteiger partial charge in [0.1, 0.15) is 0 Å². The first-order valence-corrected chi connectivity index (χ1v) is 2.94. The van der Waals surface area contributed by atoms with Crippen molar-refractivity contribution in [2.45, 2.75) is 6.92 Å². The summed E-state index contributed by atoms with van der Waals surface area (Å²) in [4.78, 5) is 0. The summed E-state index contributed by atoms with van der Waals surface area (Å²) in [5.74, 6) is 0. The first-order chi connectivity index (χ1) is 4.34. The third-order valence-electron chi connectivity index (χ3n) is 1.31. The first-order valence-electron chi connectivity index (χ1n) is 2.94. The monoisotopic (exact) mass is 117 g/mol. The van der Waals surface area contributed by atoms with Crippen molar-refractivity contribution in [3.05, 3.63) is 42.0 Å². The largest absolute Gasteiger partial charge is 0.0984 e. The standard InChI is InChI=1S/C9H9/c1-3-9-7-5-4-6-8(9)2/h3-6H,1H2,2H3. The van der Waals surface area contributed by atoms with Gasteiger partial charge in [-0.15, -0.1) is 0 Å². The number of rotatable bonds is 1. The molecule has 0 atom stereocenters. The Morgan fingerprint density at radius 3 is 2.89 bits per heavy atom. The molecule has 1 aromatic carbocycles. The van der Waals surface area contributed by atoms with Crippen LogP contribution in [-0.4, -0.2) is 0 Å². The summed E-state index contributed by atoms with van der Waals surface area (Å²) in [6.45, 7) is 5.71. The van der Waals surface area contributed by atoms with Gasteiger partial charge in [-0.2, -0.15) is 0 Å². The summed E-state index contributed by atoms with van der Waals surface area (Å²) in [7, 11) is 0. The van der Waals surface area contributed by atoms with Crippen molar-refractivity contribution in [3.8, 4) is 0 Å². The zero-order valence-electron chi connectivity index (χ0n) is 5.52. The molecule has 0 aliphatic carbocycles. The van der Waals surface area contributed by atoms with Crippen molar-refractivity contribution in [2.75, 3.05) is 0 Å². The summed E-state index contributed by atoms with van der Waals surface area (Å²) in [5.41, 5.74) is 2.32. The second-order valence-electron chi connectivity index (χ2n) is 1.97. The average molecular weight is 117 g/mol. The van der Waals surface area contributed by atoms with Crippen molar-refractivity contribution < 1.29 is 0 Å². The van der Waals surface area contributed by atoms with Gasteiger partial charge in [-0.1, -0.05) is 30.9 Å². The predicted molar refractivity (Wildman–Crippen MR) is 40.1 cm³/mol. The van der Waals surface area contributed by atoms with E-state index in [0.717, 1.165) is 5.56 Å². The van der Waals surface area contributed by atoms with Crippen LogP contribution in [0.15, 0.2) is 24.8 Å². The van der Waals surface area contributed by atoms with Crippen molar-refractivity contribution in [2.24, 2.45) is 0 Å². The summed E-state index contributed by atoms with van der Waals surface area (Å²) < 4.78 is 0. The maximum Gasteiger partial charge on any atom is -0.0103 e. The molecule has 45 valence electrons. The smallest absolute Gasteiger partial charge is 0.0103 e. The molecule has 0 amide bonds. The van der Waals surface area contributed by atoms with Crippen LogP contribution in [0, 0.1) is 13.0 Å². The molecule has 0 saturated carbocycles. The minimum Gasteiger partial charge on any atom is -0.0984 e. The van der Waals surface area contributed by atoms with E-state index >= 15 is 0 Å². The van der Waals surface area contributed by atoms with Crippen molar-refractivity contribution in [1.29, 1.82) is 0 Å². The second kappa shape index (κ2) is 2.49. The summed E-state index contributed by atoms with van der Waals surface area (Å²) in [6, 6.07) is 8.98. The molecule has 0 bridgehead atoms. The molecule has 0 spiro atoms. The molecule has 9 heavy (non-hydrogen) atoms. The molecule has 0 unspecified atom stereocenters. The Kier molecular flexibility index (Phi) is 1.69. The lowest BCUT2D eigenvalue weighted by Gasteiger charge is -1.94. The van der Waals surface area contributed by atoms with Crippen LogP contribution in [0.2, 0.25) is 0 Å². The molecule has 0 heteroatoms. The van der Waals surface area contributed by atoms with Gasteiger partial charge < -0.3 is 0 Å². The van der Waals surface area contributed by atoms with Crippen LogP contribution in [0.25, 0.3) is 6.08 Å². The van der Waals surface area contributed by atoms with Crippen molar-refractivity contribution >= 4 is 6.08 Å². The van der Waals surface area contributed by atoms with E-state index in [0.29, 0.717) is 0 Å². The zero-order chi connectivity index (χ0) is 6.69. The minimum absolute atomic E-state index is 1.09. The molecule has 0 N–H and O–H groups in total. The molecule has 0 aliphatic heterocycles. The van der Waals surface area contributed by atoms with Gasteiger partial charge in [0.05, 0.1) is 0 Å². The molecular formula is C9H9. The van der Waals surface area contributed by atoms with Gasteiger partial charge in [-0.3, -0.25) is 0 Å². The highest BCUT2D eigenvalue weighted by molar-refractivity contribution is 5.50. The van der Waals surface area contributed by atoms with Gasteiger partial charge in [0.15, 0.2) is 0 Å². The molecule has 1 aromatic rings. The molecule has 0 aliphatic rings. The Hall–Kier alpha value is -1.04. The first kappa shape index (κ1) is 6.09. The number of hydrogen-bond acceptors (Lipinski definition) is 0. The van der Waals surface area contributed by atoms with Crippen LogP contribution >= 0.6 is 0 Å². The fourth-order valence-corrected chi connectivity index (χ4v) is 0.754. The molecule has 0 heterocycles. The van der Waals surface area contributed by atoms with E-state index in [1.54, 1.807) is 0 Å². The predicted octanol–water partition coefficient (Wildman–Crippen LogP) is 2.44. The van der Waals surface area contributed by atoms with Crippen LogP contribution in [-0.2, 0) is 0 Å². The Morgan fingerprint density at radius 1 is 1.67 bits per heavy atom. The third kappa shape index (κ3) is 1.20. The van der Waals surface area contributed by atoms with Crippen LogP contribution in [0.1, 0.15) is 11.1 Å². The van der Waals surface area contributed by atoms with Crippen LogP contribution in [0.3, 0.4) is 0 Å². The maximum atomic E-state index is 3.66. The van der Waals surface area contributed by atoms with Crippen LogP contribution < -0.4 is 0 Å². The number of aryl methyl sites for hydroxylation is 1. The lowest BCUT2D eigenvalue weighted by molar-refractivity contribution is 1.44. The Bertz CT molecular complexity index is 211. The SMILES string of the molecule is C=Cc1[c]cccc1C. The second-order valence-corrected chi connectivity index (χ2v) is 1.97. The van der Waals surface area contributed by atoms with E-state index in [-0.39, 0.29) is 0 Å². The topological polar surface area (TPSA) is 0 Å². The number of hydrogen-bond donors (Lipinski definition) is 0. The lowest BCUT2D eigenvalue weighted by Crippen LogP contribution is -1.76. The number of benzene rings is 1. The molecule has 1 rings (SSSR count). The third-order valence-corrected chi connectivity index (χ3v) is 1.31. The Labute approximate surface area is 55.8 Å². The maximum absolute atomic E-state index is 3.66. The zero-order valence-corrected chi connectivity index (χ0v) is 5.52. The van der Waals surface area contributed by atoms with Crippen LogP contribution in [0.4, 0.5) is 0 Å². The summed E-state index contributed by atoms with van der Waals surface area (Å²) >= 11 is 0.